The van der Waals surface area contributed by atoms with Crippen molar-refractivity contribution in [2.45, 2.75) is 26.3 Å². The highest BCUT2D eigenvalue weighted by Gasteiger charge is 2.13. The number of amides is 1. The molecule has 0 saturated heterocycles. The van der Waals surface area contributed by atoms with E-state index in [2.05, 4.69) is 10.5 Å². The van der Waals surface area contributed by atoms with Gasteiger partial charge in [0, 0.05) is 12.5 Å². The molecule has 0 aromatic carbocycles. The Morgan fingerprint density at radius 3 is 2.88 bits per heavy atom. The number of carbonyl (C=O) groups excluding carboxylic acids is 1. The van der Waals surface area contributed by atoms with Crippen molar-refractivity contribution in [3.8, 4) is 0 Å². The molecule has 0 bridgehead atoms. The summed E-state index contributed by atoms with van der Waals surface area (Å²) in [7, 11) is 0. The molecule has 0 radical (unpaired) electrons. The second-order valence-electron chi connectivity index (χ2n) is 3.58. The number of nitrogens with one attached hydrogen (secondary N) is 1. The Labute approximate surface area is 93.1 Å². The smallest absolute Gasteiger partial charge is 0.287 e. The fourth-order valence-corrected chi connectivity index (χ4v) is 1.26. The lowest BCUT2D eigenvalue weighted by molar-refractivity contribution is 0.0911. The summed E-state index contributed by atoms with van der Waals surface area (Å²) in [6.07, 6.45) is 0.280. The molecule has 16 heavy (non-hydrogen) atoms. The summed E-state index contributed by atoms with van der Waals surface area (Å²) in [5.41, 5.74) is 5.32. The molecule has 1 heterocycles. The van der Waals surface area contributed by atoms with Gasteiger partial charge in [-0.1, -0.05) is 5.16 Å². The van der Waals surface area contributed by atoms with Gasteiger partial charge >= 0.3 is 0 Å². The maximum atomic E-state index is 11.6. The summed E-state index contributed by atoms with van der Waals surface area (Å²) in [6.45, 7) is 3.52. The zero-order chi connectivity index (χ0) is 12.1. The van der Waals surface area contributed by atoms with E-state index in [0.717, 1.165) is 0 Å². The Morgan fingerprint density at radius 2 is 2.38 bits per heavy atom. The lowest BCUT2D eigenvalue weighted by atomic mass is 10.2. The number of oxime groups is 1. The van der Waals surface area contributed by atoms with Crippen LogP contribution >= 0.6 is 0 Å². The minimum Gasteiger partial charge on any atom is -0.456 e. The van der Waals surface area contributed by atoms with Crippen LogP contribution in [0, 0.1) is 6.92 Å². The van der Waals surface area contributed by atoms with Crippen LogP contribution in [0.4, 0.5) is 0 Å². The third-order valence-corrected chi connectivity index (χ3v) is 1.99. The van der Waals surface area contributed by atoms with Crippen LogP contribution in [0.1, 0.15) is 29.7 Å². The number of furan rings is 1. The molecule has 0 aliphatic carbocycles. The number of amidine groups is 1. The molecular weight excluding hydrogens is 210 g/mol. The van der Waals surface area contributed by atoms with Gasteiger partial charge in [0.15, 0.2) is 5.76 Å². The van der Waals surface area contributed by atoms with Crippen molar-refractivity contribution in [2.75, 3.05) is 0 Å². The van der Waals surface area contributed by atoms with E-state index in [4.69, 9.17) is 15.4 Å². The highest BCUT2D eigenvalue weighted by Crippen LogP contribution is 2.06. The zero-order valence-corrected chi connectivity index (χ0v) is 9.23. The van der Waals surface area contributed by atoms with Crippen LogP contribution in [0.5, 0.6) is 0 Å². The first-order valence-electron chi connectivity index (χ1n) is 4.86. The van der Waals surface area contributed by atoms with Crippen LogP contribution in [0.3, 0.4) is 0 Å². The molecule has 1 aromatic rings. The van der Waals surface area contributed by atoms with Crippen molar-refractivity contribution in [1.29, 1.82) is 0 Å². The third-order valence-electron chi connectivity index (χ3n) is 1.99. The summed E-state index contributed by atoms with van der Waals surface area (Å²) < 4.78 is 5.15. The lowest BCUT2D eigenvalue weighted by Gasteiger charge is -2.11. The Balaban J connectivity index is 2.52. The topological polar surface area (TPSA) is 101 Å². The predicted molar refractivity (Wildman–Crippen MR) is 58.4 cm³/mol. The monoisotopic (exact) mass is 225 g/mol. The van der Waals surface area contributed by atoms with Gasteiger partial charge < -0.3 is 20.7 Å². The summed E-state index contributed by atoms with van der Waals surface area (Å²) in [5, 5.41) is 13.9. The van der Waals surface area contributed by atoms with E-state index in [-0.39, 0.29) is 30.0 Å². The van der Waals surface area contributed by atoms with E-state index < -0.39 is 0 Å². The molecule has 0 fully saturated rings. The first-order valence-corrected chi connectivity index (χ1v) is 4.86. The highest BCUT2D eigenvalue weighted by atomic mass is 16.4. The molecule has 1 amide bonds. The average molecular weight is 225 g/mol. The van der Waals surface area contributed by atoms with E-state index >= 15 is 0 Å². The zero-order valence-electron chi connectivity index (χ0n) is 9.23. The number of carbonyl (C=O) groups is 1. The van der Waals surface area contributed by atoms with Gasteiger partial charge in [-0.15, -0.1) is 0 Å². The number of nitrogens with zero attached hydrogens (tertiary/aromatic N) is 1. The van der Waals surface area contributed by atoms with Gasteiger partial charge in [0.25, 0.3) is 5.91 Å². The van der Waals surface area contributed by atoms with E-state index in [1.807, 2.05) is 0 Å². The lowest BCUT2D eigenvalue weighted by Crippen LogP contribution is -2.35. The first kappa shape index (κ1) is 12.1. The summed E-state index contributed by atoms with van der Waals surface area (Å²) >= 11 is 0. The molecule has 88 valence electrons. The van der Waals surface area contributed by atoms with Crippen LogP contribution in [0.15, 0.2) is 21.7 Å². The number of rotatable bonds is 4. The SMILES string of the molecule is Cc1ccc(C(=O)NC(C)CC(N)=NO)o1. The van der Waals surface area contributed by atoms with Gasteiger partial charge in [0.05, 0.1) is 0 Å². The molecule has 0 saturated carbocycles. The van der Waals surface area contributed by atoms with Crippen molar-refractivity contribution in [1.82, 2.24) is 5.32 Å². The van der Waals surface area contributed by atoms with E-state index in [9.17, 15) is 4.79 Å². The Hall–Kier alpha value is -1.98. The maximum absolute atomic E-state index is 11.6. The molecule has 1 aromatic heterocycles. The van der Waals surface area contributed by atoms with Crippen molar-refractivity contribution >= 4 is 11.7 Å². The second-order valence-corrected chi connectivity index (χ2v) is 3.58. The van der Waals surface area contributed by atoms with Gasteiger partial charge in [0.1, 0.15) is 11.6 Å². The molecule has 1 atom stereocenters. The molecular formula is C10H15N3O3. The van der Waals surface area contributed by atoms with E-state index in [1.165, 1.54) is 0 Å². The number of nitrogens with two attached hydrogens (primary N) is 1. The summed E-state index contributed by atoms with van der Waals surface area (Å²) in [4.78, 5) is 11.6. The maximum Gasteiger partial charge on any atom is 0.287 e. The molecule has 0 aliphatic rings. The van der Waals surface area contributed by atoms with Crippen molar-refractivity contribution in [2.24, 2.45) is 10.9 Å². The highest BCUT2D eigenvalue weighted by molar-refractivity contribution is 5.92. The fraction of sp³-hybridized carbons (Fsp3) is 0.400. The average Bonchev–Trinajstić information content (AvgIpc) is 2.64. The first-order chi connectivity index (χ1) is 7.52. The van der Waals surface area contributed by atoms with Crippen LogP contribution < -0.4 is 11.1 Å². The van der Waals surface area contributed by atoms with Gasteiger partial charge in [-0.3, -0.25) is 4.79 Å². The third kappa shape index (κ3) is 3.30. The quantitative estimate of drug-likeness (QED) is 0.306. The predicted octanol–water partition coefficient (Wildman–Crippen LogP) is 0.843. The fourth-order valence-electron chi connectivity index (χ4n) is 1.26. The molecule has 0 aliphatic heterocycles. The molecule has 0 spiro atoms. The molecule has 6 nitrogen and oxygen atoms in total. The van der Waals surface area contributed by atoms with Gasteiger partial charge in [-0.25, -0.2) is 0 Å². The molecule has 4 N–H and O–H groups in total. The Morgan fingerprint density at radius 1 is 1.69 bits per heavy atom. The van der Waals surface area contributed by atoms with Gasteiger partial charge in [0.2, 0.25) is 0 Å². The molecule has 1 unspecified atom stereocenters. The summed E-state index contributed by atoms with van der Waals surface area (Å²) in [6, 6.07) is 3.08. The van der Waals surface area contributed by atoms with Crippen LogP contribution in [-0.4, -0.2) is 23.0 Å². The Kier molecular flexibility index (Phi) is 3.93. The van der Waals surface area contributed by atoms with Gasteiger partial charge in [-0.2, -0.15) is 0 Å². The minimum atomic E-state index is -0.314. The van der Waals surface area contributed by atoms with Gasteiger partial charge in [-0.05, 0) is 26.0 Å². The van der Waals surface area contributed by atoms with Crippen molar-refractivity contribution in [3.63, 3.8) is 0 Å². The molecule has 1 rings (SSSR count). The van der Waals surface area contributed by atoms with Crippen LogP contribution in [-0.2, 0) is 0 Å². The summed E-state index contributed by atoms with van der Waals surface area (Å²) in [5.74, 6) is 0.688. The number of hydrogen-bond acceptors (Lipinski definition) is 4. The number of hydrogen-bond donors (Lipinski definition) is 3. The van der Waals surface area contributed by atoms with Crippen LogP contribution in [0.2, 0.25) is 0 Å². The van der Waals surface area contributed by atoms with Crippen molar-refractivity contribution in [3.05, 3.63) is 23.7 Å². The van der Waals surface area contributed by atoms with Crippen LogP contribution in [0.25, 0.3) is 0 Å². The normalized spacial score (nSPS) is 13.5. The Bertz CT molecular complexity index is 398. The van der Waals surface area contributed by atoms with E-state index in [1.54, 1.807) is 26.0 Å². The minimum absolute atomic E-state index is 0.0726. The standard InChI is InChI=1S/C10H15N3O3/c1-6(5-9(11)13-15)12-10(14)8-4-3-7(2)16-8/h3-4,6,15H,5H2,1-2H3,(H2,11,13)(H,12,14). The largest absolute Gasteiger partial charge is 0.456 e. The molecule has 6 heteroatoms. The van der Waals surface area contributed by atoms with Crippen molar-refractivity contribution < 1.29 is 14.4 Å². The number of aryl methyl sites for hydroxylation is 1. The van der Waals surface area contributed by atoms with E-state index in [0.29, 0.717) is 5.76 Å². The second kappa shape index (κ2) is 5.20.